The van der Waals surface area contributed by atoms with Crippen molar-refractivity contribution >= 4 is 11.8 Å². The summed E-state index contributed by atoms with van der Waals surface area (Å²) in [6, 6.07) is 12.2. The number of Topliss-reactive ketones (excluding diaryl/α,β-unsaturated/α-hetero) is 1. The first-order valence-corrected chi connectivity index (χ1v) is 14.0. The number of ketones is 1. The van der Waals surface area contributed by atoms with Gasteiger partial charge < -0.3 is 29.3 Å². The number of benzene rings is 2. The van der Waals surface area contributed by atoms with E-state index in [1.54, 1.807) is 64.1 Å². The number of hydroxylamine groups is 1. The minimum absolute atomic E-state index is 0.0168. The van der Waals surface area contributed by atoms with E-state index in [0.29, 0.717) is 39.6 Å². The van der Waals surface area contributed by atoms with Crippen LogP contribution in [0.5, 0.6) is 17.2 Å². The molecular weight excluding hydrogens is 559 g/mol. The van der Waals surface area contributed by atoms with E-state index in [9.17, 15) is 24.3 Å². The van der Waals surface area contributed by atoms with Crippen LogP contribution >= 0.6 is 0 Å². The number of hydrogen-bond donors (Lipinski definition) is 3. The Labute approximate surface area is 249 Å². The summed E-state index contributed by atoms with van der Waals surface area (Å²) in [5.41, 5.74) is 1.93. The van der Waals surface area contributed by atoms with Gasteiger partial charge in [0.25, 0.3) is 0 Å². The van der Waals surface area contributed by atoms with Crippen molar-refractivity contribution in [1.29, 1.82) is 0 Å². The molecule has 230 valence electrons. The van der Waals surface area contributed by atoms with E-state index in [1.807, 2.05) is 0 Å². The summed E-state index contributed by atoms with van der Waals surface area (Å²) in [4.78, 5) is 29.4. The van der Waals surface area contributed by atoms with Crippen molar-refractivity contribution in [3.63, 3.8) is 0 Å². The average Bonchev–Trinajstić information content (AvgIpc) is 3.35. The van der Waals surface area contributed by atoms with E-state index in [4.69, 9.17) is 18.9 Å². The van der Waals surface area contributed by atoms with Gasteiger partial charge in [0.1, 0.15) is 42.0 Å². The van der Waals surface area contributed by atoms with Crippen molar-refractivity contribution < 1.29 is 43.2 Å². The normalized spacial score (nSPS) is 17.8. The molecule has 3 aromatic rings. The summed E-state index contributed by atoms with van der Waals surface area (Å²) in [6.07, 6.45) is -0.180. The fourth-order valence-corrected chi connectivity index (χ4v) is 4.69. The van der Waals surface area contributed by atoms with E-state index in [-0.39, 0.29) is 49.9 Å². The maximum Gasteiger partial charge on any atom is 0.305 e. The first kappa shape index (κ1) is 31.9. The van der Waals surface area contributed by atoms with Crippen LogP contribution in [-0.4, -0.2) is 53.5 Å². The third-order valence-corrected chi connectivity index (χ3v) is 7.41. The van der Waals surface area contributed by atoms with E-state index in [1.165, 1.54) is 19.2 Å². The second kappa shape index (κ2) is 13.1. The zero-order chi connectivity index (χ0) is 31.4. The smallest absolute Gasteiger partial charge is 0.305 e. The fraction of sp³-hybridized carbons (Fsp3) is 0.406. The maximum atomic E-state index is 13.6. The van der Waals surface area contributed by atoms with Crippen molar-refractivity contribution in [2.75, 3.05) is 20.3 Å². The number of carbonyl (C=O) groups excluding carboxylic acids is 2. The van der Waals surface area contributed by atoms with Gasteiger partial charge in [-0.05, 0) is 75.7 Å². The molecule has 0 fully saturated rings. The van der Waals surface area contributed by atoms with Gasteiger partial charge in [-0.25, -0.2) is 9.37 Å². The molecule has 0 unspecified atom stereocenters. The van der Waals surface area contributed by atoms with Crippen molar-refractivity contribution in [1.82, 2.24) is 10.5 Å². The first-order chi connectivity index (χ1) is 20.4. The molecule has 0 amide bonds. The number of nitrogens with zero attached hydrogens (tertiary/aromatic N) is 1. The molecule has 43 heavy (non-hydrogen) atoms. The molecule has 0 bridgehead atoms. The Hall–Kier alpha value is -4.06. The largest absolute Gasteiger partial charge is 0.493 e. The highest BCUT2D eigenvalue weighted by Gasteiger charge is 2.40. The number of fused-ring (bicyclic) bond motifs is 1. The number of carbonyl (C=O) groups is 2. The minimum Gasteiger partial charge on any atom is -0.493 e. The molecule has 4 rings (SSSR count). The summed E-state index contributed by atoms with van der Waals surface area (Å²) in [7, 11) is 1.46. The van der Waals surface area contributed by atoms with Crippen LogP contribution in [-0.2, 0) is 20.7 Å². The SMILES string of the molecule is CCC(=O)O[C@H](C)COc1ccc(C(=O)CC[C@@](C)(O)c2cc3c(c(-c4ccc(F)cc4)n2)OC[C@@]3(C)NO)cc1OC. The third-order valence-electron chi connectivity index (χ3n) is 7.41. The van der Waals surface area contributed by atoms with Crippen LogP contribution < -0.4 is 19.7 Å². The van der Waals surface area contributed by atoms with E-state index < -0.39 is 23.1 Å². The van der Waals surface area contributed by atoms with Gasteiger partial charge in [0, 0.05) is 29.5 Å². The number of ether oxygens (including phenoxy) is 4. The Morgan fingerprint density at radius 2 is 1.91 bits per heavy atom. The van der Waals surface area contributed by atoms with E-state index >= 15 is 0 Å². The second-order valence-corrected chi connectivity index (χ2v) is 11.0. The predicted octanol–water partition coefficient (Wildman–Crippen LogP) is 5.07. The average molecular weight is 597 g/mol. The van der Waals surface area contributed by atoms with Crippen LogP contribution in [0.3, 0.4) is 0 Å². The van der Waals surface area contributed by atoms with Crippen LogP contribution in [0, 0.1) is 5.82 Å². The van der Waals surface area contributed by atoms with Gasteiger partial charge in [0.05, 0.1) is 12.8 Å². The van der Waals surface area contributed by atoms with Crippen molar-refractivity contribution in [2.45, 2.75) is 64.2 Å². The fourth-order valence-electron chi connectivity index (χ4n) is 4.69. The molecule has 1 aliphatic rings. The lowest BCUT2D eigenvalue weighted by atomic mass is 9.88. The monoisotopic (exact) mass is 596 g/mol. The number of rotatable bonds is 13. The Morgan fingerprint density at radius 3 is 2.56 bits per heavy atom. The number of pyridine rings is 1. The quantitative estimate of drug-likeness (QED) is 0.139. The van der Waals surface area contributed by atoms with Crippen molar-refractivity contribution in [3.05, 3.63) is 71.2 Å². The van der Waals surface area contributed by atoms with Gasteiger partial charge in [0.15, 0.2) is 23.0 Å². The number of methoxy groups -OCH3 is 1. The lowest BCUT2D eigenvalue weighted by Gasteiger charge is -2.26. The summed E-state index contributed by atoms with van der Waals surface area (Å²) < 4.78 is 35.9. The van der Waals surface area contributed by atoms with Crippen LogP contribution in [0.15, 0.2) is 48.5 Å². The highest BCUT2D eigenvalue weighted by molar-refractivity contribution is 5.96. The molecule has 0 saturated heterocycles. The Kier molecular flexibility index (Phi) is 9.69. The molecule has 0 aliphatic carbocycles. The number of aromatic nitrogens is 1. The van der Waals surface area contributed by atoms with E-state index in [0.717, 1.165) is 0 Å². The number of halogens is 1. The van der Waals surface area contributed by atoms with Gasteiger partial charge in [-0.1, -0.05) is 6.92 Å². The highest BCUT2D eigenvalue weighted by Crippen LogP contribution is 2.44. The van der Waals surface area contributed by atoms with Crippen molar-refractivity contribution in [2.24, 2.45) is 0 Å². The lowest BCUT2D eigenvalue weighted by molar-refractivity contribution is -0.149. The lowest BCUT2D eigenvalue weighted by Crippen LogP contribution is -2.39. The van der Waals surface area contributed by atoms with Gasteiger partial charge in [-0.2, -0.15) is 5.48 Å². The molecule has 3 atom stereocenters. The highest BCUT2D eigenvalue weighted by atomic mass is 19.1. The summed E-state index contributed by atoms with van der Waals surface area (Å²) in [6.45, 7) is 6.96. The third kappa shape index (κ3) is 7.12. The zero-order valence-electron chi connectivity index (χ0n) is 24.9. The molecule has 2 heterocycles. The van der Waals surface area contributed by atoms with Gasteiger partial charge >= 0.3 is 5.97 Å². The topological polar surface area (TPSA) is 136 Å². The van der Waals surface area contributed by atoms with Gasteiger partial charge in [0.2, 0.25) is 0 Å². The van der Waals surface area contributed by atoms with Gasteiger partial charge in [-0.15, -0.1) is 0 Å². The number of hydrogen-bond acceptors (Lipinski definition) is 10. The molecule has 0 saturated carbocycles. The maximum absolute atomic E-state index is 13.6. The van der Waals surface area contributed by atoms with Crippen LogP contribution in [0.25, 0.3) is 11.3 Å². The summed E-state index contributed by atoms with van der Waals surface area (Å²) >= 11 is 0. The number of nitrogens with one attached hydrogen (secondary N) is 1. The van der Waals surface area contributed by atoms with Crippen LogP contribution in [0.1, 0.15) is 68.6 Å². The molecule has 10 nitrogen and oxygen atoms in total. The predicted molar refractivity (Wildman–Crippen MR) is 155 cm³/mol. The zero-order valence-corrected chi connectivity index (χ0v) is 24.9. The van der Waals surface area contributed by atoms with Crippen LogP contribution in [0.2, 0.25) is 0 Å². The molecule has 1 aliphatic heterocycles. The molecule has 2 aromatic carbocycles. The second-order valence-electron chi connectivity index (χ2n) is 11.0. The molecule has 1 aromatic heterocycles. The number of aliphatic hydroxyl groups is 1. The Balaban J connectivity index is 1.53. The standard InChI is InChI=1S/C32H37FN2O8/c1-6-28(37)43-19(2)17-41-25-12-9-21(15-26(25)40-5)24(36)13-14-32(4,38)27-16-23-30(42-18-31(23,3)35-39)29(34-27)20-7-10-22(33)11-8-20/h7-12,15-16,19,35,38-39H,6,13-14,17-18H2,1-5H3/t19-,31-,32-/m1/s1. The molecular formula is C32H37FN2O8. The molecule has 0 spiro atoms. The van der Waals surface area contributed by atoms with Crippen LogP contribution in [0.4, 0.5) is 4.39 Å². The number of esters is 1. The first-order valence-electron chi connectivity index (χ1n) is 14.0. The summed E-state index contributed by atoms with van der Waals surface area (Å²) in [5, 5.41) is 21.4. The van der Waals surface area contributed by atoms with Gasteiger partial charge in [-0.3, -0.25) is 9.59 Å². The molecule has 0 radical (unpaired) electrons. The summed E-state index contributed by atoms with van der Waals surface area (Å²) in [5.74, 6) is 0.178. The Bertz CT molecular complexity index is 1480. The minimum atomic E-state index is -1.54. The molecule has 11 heteroatoms. The Morgan fingerprint density at radius 1 is 1.19 bits per heavy atom. The van der Waals surface area contributed by atoms with E-state index in [2.05, 4.69) is 10.5 Å². The molecule has 3 N–H and O–H groups in total. The van der Waals surface area contributed by atoms with Crippen molar-refractivity contribution in [3.8, 4) is 28.5 Å².